The summed E-state index contributed by atoms with van der Waals surface area (Å²) in [5.41, 5.74) is 6.85. The molecule has 1 amide bonds. The van der Waals surface area contributed by atoms with Gasteiger partial charge in [-0.2, -0.15) is 0 Å². The molecule has 3 heteroatoms. The van der Waals surface area contributed by atoms with Gasteiger partial charge >= 0.3 is 0 Å². The van der Waals surface area contributed by atoms with Gasteiger partial charge < -0.3 is 10.6 Å². The number of hydrogen-bond acceptors (Lipinski definition) is 2. The van der Waals surface area contributed by atoms with Gasteiger partial charge in [-0.25, -0.2) is 0 Å². The molecule has 1 aromatic carbocycles. The monoisotopic (exact) mass is 274 g/mol. The van der Waals surface area contributed by atoms with Crippen molar-refractivity contribution in [2.45, 2.75) is 51.0 Å². The van der Waals surface area contributed by atoms with Crippen LogP contribution >= 0.6 is 0 Å². The predicted molar refractivity (Wildman–Crippen MR) is 82.5 cm³/mol. The molecule has 0 aliphatic carbocycles. The molecule has 1 unspecified atom stereocenters. The second kappa shape index (κ2) is 6.40. The van der Waals surface area contributed by atoms with Crippen molar-refractivity contribution >= 4 is 5.91 Å². The number of nitrogens with zero attached hydrogens (tertiary/aromatic N) is 1. The average Bonchev–Trinajstić information content (AvgIpc) is 2.47. The zero-order valence-corrected chi connectivity index (χ0v) is 12.6. The van der Waals surface area contributed by atoms with Crippen molar-refractivity contribution in [3.8, 4) is 0 Å². The molecule has 0 saturated carbocycles. The Labute approximate surface area is 122 Å². The summed E-state index contributed by atoms with van der Waals surface area (Å²) in [6.07, 6.45) is 3.78. The number of nitrogens with two attached hydrogens (primary N) is 1. The topological polar surface area (TPSA) is 46.3 Å². The average molecular weight is 274 g/mol. The highest BCUT2D eigenvalue weighted by atomic mass is 16.2. The molecule has 2 N–H and O–H groups in total. The molecule has 20 heavy (non-hydrogen) atoms. The summed E-state index contributed by atoms with van der Waals surface area (Å²) in [5, 5.41) is 0. The highest BCUT2D eigenvalue weighted by Gasteiger charge is 2.33. The molecule has 0 radical (unpaired) electrons. The predicted octanol–water partition coefficient (Wildman–Crippen LogP) is 2.91. The van der Waals surface area contributed by atoms with Crippen molar-refractivity contribution in [3.63, 3.8) is 0 Å². The van der Waals surface area contributed by atoms with Gasteiger partial charge in [0, 0.05) is 13.1 Å². The lowest BCUT2D eigenvalue weighted by Gasteiger charge is -2.37. The van der Waals surface area contributed by atoms with E-state index < -0.39 is 5.54 Å². The maximum absolute atomic E-state index is 12.5. The third kappa shape index (κ3) is 3.40. The minimum Gasteiger partial charge on any atom is -0.341 e. The number of piperidine rings is 1. The minimum absolute atomic E-state index is 0.117. The molecule has 1 fully saturated rings. The molecule has 1 aliphatic rings. The number of hydrogen-bond donors (Lipinski definition) is 1. The summed E-state index contributed by atoms with van der Waals surface area (Å²) in [5.74, 6) is 0.696. The minimum atomic E-state index is -0.700. The van der Waals surface area contributed by atoms with Crippen molar-refractivity contribution in [1.29, 1.82) is 0 Å². The van der Waals surface area contributed by atoms with Gasteiger partial charge in [0.05, 0.1) is 5.54 Å². The molecule has 0 spiro atoms. The van der Waals surface area contributed by atoms with Crippen LogP contribution in [0.1, 0.15) is 51.0 Å². The van der Waals surface area contributed by atoms with E-state index in [2.05, 4.69) is 31.2 Å². The zero-order valence-electron chi connectivity index (χ0n) is 12.6. The Morgan fingerprint density at radius 2 is 1.90 bits per heavy atom. The molecular formula is C17H26N2O. The van der Waals surface area contributed by atoms with Crippen molar-refractivity contribution in [1.82, 2.24) is 4.90 Å². The van der Waals surface area contributed by atoms with Crippen molar-refractivity contribution in [2.24, 2.45) is 5.73 Å². The largest absolute Gasteiger partial charge is 0.341 e. The first-order valence-corrected chi connectivity index (χ1v) is 7.68. The number of carbonyl (C=O) groups excluding carboxylic acids is 1. The molecule has 110 valence electrons. The van der Waals surface area contributed by atoms with Crippen LogP contribution < -0.4 is 5.73 Å². The van der Waals surface area contributed by atoms with E-state index in [-0.39, 0.29) is 5.91 Å². The van der Waals surface area contributed by atoms with Gasteiger partial charge in [0.25, 0.3) is 0 Å². The first kappa shape index (κ1) is 15.0. The summed E-state index contributed by atoms with van der Waals surface area (Å²) in [6, 6.07) is 10.6. The van der Waals surface area contributed by atoms with E-state index >= 15 is 0 Å². The number of benzene rings is 1. The lowest BCUT2D eigenvalue weighted by atomic mass is 9.88. The summed E-state index contributed by atoms with van der Waals surface area (Å²) in [7, 11) is 0. The molecule has 1 heterocycles. The molecule has 0 bridgehead atoms. The van der Waals surface area contributed by atoms with Gasteiger partial charge in [0.2, 0.25) is 5.91 Å². The first-order valence-electron chi connectivity index (χ1n) is 7.68. The van der Waals surface area contributed by atoms with E-state index in [0.29, 0.717) is 5.92 Å². The van der Waals surface area contributed by atoms with Crippen molar-refractivity contribution in [3.05, 3.63) is 35.9 Å². The van der Waals surface area contributed by atoms with Gasteiger partial charge in [-0.15, -0.1) is 0 Å². The number of amides is 1. The summed E-state index contributed by atoms with van der Waals surface area (Å²) in [6.45, 7) is 5.59. The Hall–Kier alpha value is -1.35. The van der Waals surface area contributed by atoms with Crippen LogP contribution in [0.15, 0.2) is 30.3 Å². The number of likely N-dealkylation sites (tertiary alicyclic amines) is 1. The van der Waals surface area contributed by atoms with E-state index in [0.717, 1.165) is 38.8 Å². The fraction of sp³-hybridized carbons (Fsp3) is 0.588. The molecule has 2 rings (SSSR count). The van der Waals surface area contributed by atoms with Gasteiger partial charge in [-0.1, -0.05) is 43.7 Å². The molecular weight excluding hydrogens is 248 g/mol. The molecule has 0 aromatic heterocycles. The van der Waals surface area contributed by atoms with Crippen molar-refractivity contribution in [2.75, 3.05) is 13.1 Å². The molecule has 1 aliphatic heterocycles. The quantitative estimate of drug-likeness (QED) is 0.917. The van der Waals surface area contributed by atoms with Crippen LogP contribution in [0.25, 0.3) is 0 Å². The second-order valence-electron chi connectivity index (χ2n) is 6.14. The second-order valence-corrected chi connectivity index (χ2v) is 6.14. The molecule has 3 nitrogen and oxygen atoms in total. The first-order chi connectivity index (χ1) is 9.54. The van der Waals surface area contributed by atoms with Crippen molar-refractivity contribution < 1.29 is 4.79 Å². The van der Waals surface area contributed by atoms with Crippen LogP contribution in [0.4, 0.5) is 0 Å². The SMILES string of the molecule is CCCC(C)(N)C(=O)N1CCC(c2ccccc2)CC1. The number of carbonyl (C=O) groups is 1. The third-order valence-corrected chi connectivity index (χ3v) is 4.31. The summed E-state index contributed by atoms with van der Waals surface area (Å²) in [4.78, 5) is 14.4. The zero-order chi connectivity index (χ0) is 14.6. The molecule has 1 aromatic rings. The number of rotatable bonds is 4. The Balaban J connectivity index is 1.93. The van der Waals surface area contributed by atoms with E-state index in [1.54, 1.807) is 0 Å². The third-order valence-electron chi connectivity index (χ3n) is 4.31. The summed E-state index contributed by atoms with van der Waals surface area (Å²) >= 11 is 0. The lowest BCUT2D eigenvalue weighted by molar-refractivity contribution is -0.137. The Kier molecular flexibility index (Phi) is 4.81. The van der Waals surface area contributed by atoms with Crippen LogP contribution in [0.5, 0.6) is 0 Å². The fourth-order valence-corrected chi connectivity index (χ4v) is 3.13. The maximum Gasteiger partial charge on any atom is 0.242 e. The van der Waals surface area contributed by atoms with Gasteiger partial charge in [0.15, 0.2) is 0 Å². The van der Waals surface area contributed by atoms with Gasteiger partial charge in [0.1, 0.15) is 0 Å². The normalized spacial score (nSPS) is 19.6. The molecule has 1 atom stereocenters. The van der Waals surface area contributed by atoms with Crippen LogP contribution in [0, 0.1) is 0 Å². The van der Waals surface area contributed by atoms with Crippen LogP contribution in [0.3, 0.4) is 0 Å². The highest BCUT2D eigenvalue weighted by Crippen LogP contribution is 2.28. The Morgan fingerprint density at radius 3 is 2.45 bits per heavy atom. The molecule has 1 saturated heterocycles. The van der Waals surface area contributed by atoms with E-state index in [1.165, 1.54) is 5.56 Å². The van der Waals surface area contributed by atoms with Crippen LogP contribution in [-0.2, 0) is 4.79 Å². The van der Waals surface area contributed by atoms with E-state index in [4.69, 9.17) is 5.73 Å². The summed E-state index contributed by atoms with van der Waals surface area (Å²) < 4.78 is 0. The van der Waals surface area contributed by atoms with Crippen LogP contribution in [-0.4, -0.2) is 29.4 Å². The van der Waals surface area contributed by atoms with Gasteiger partial charge in [-0.05, 0) is 37.7 Å². The van der Waals surface area contributed by atoms with E-state index in [1.807, 2.05) is 17.9 Å². The van der Waals surface area contributed by atoms with E-state index in [9.17, 15) is 4.79 Å². The maximum atomic E-state index is 12.5. The smallest absolute Gasteiger partial charge is 0.242 e. The Bertz CT molecular complexity index is 434. The van der Waals surface area contributed by atoms with Crippen LogP contribution in [0.2, 0.25) is 0 Å². The standard InChI is InChI=1S/C17H26N2O/c1-3-11-17(2,18)16(20)19-12-9-15(10-13-19)14-7-5-4-6-8-14/h4-8,15H,3,9-13,18H2,1-2H3. The fourth-order valence-electron chi connectivity index (χ4n) is 3.13. The van der Waals surface area contributed by atoms with Gasteiger partial charge in [-0.3, -0.25) is 4.79 Å². The lowest BCUT2D eigenvalue weighted by Crippen LogP contribution is -2.54. The highest BCUT2D eigenvalue weighted by molar-refractivity contribution is 5.85. The Morgan fingerprint density at radius 1 is 1.30 bits per heavy atom.